The van der Waals surface area contributed by atoms with Gasteiger partial charge < -0.3 is 4.90 Å². The standard InChI is InChI=1S/C18H20N4O2/c1-4-15(23)22(16(24)5-2)18-13-9-8-10-14(17(13)20(3)19-18)21-11-6-7-12-21/h4-5,8-10H,1-2,6-7,11-12H2,3H3. The Morgan fingerprint density at radius 1 is 1.17 bits per heavy atom. The van der Waals surface area contributed by atoms with E-state index >= 15 is 0 Å². The summed E-state index contributed by atoms with van der Waals surface area (Å²) in [5, 5.41) is 5.20. The molecule has 1 aromatic carbocycles. The Labute approximate surface area is 140 Å². The molecule has 0 N–H and O–H groups in total. The van der Waals surface area contributed by atoms with E-state index in [0.29, 0.717) is 5.82 Å². The van der Waals surface area contributed by atoms with Gasteiger partial charge in [0, 0.05) is 25.5 Å². The van der Waals surface area contributed by atoms with Gasteiger partial charge in [0.05, 0.1) is 11.2 Å². The number of imide groups is 1. The van der Waals surface area contributed by atoms with Gasteiger partial charge in [-0.25, -0.2) is 4.90 Å². The number of fused-ring (bicyclic) bond motifs is 1. The van der Waals surface area contributed by atoms with Crippen molar-refractivity contribution in [1.82, 2.24) is 9.78 Å². The first-order chi connectivity index (χ1) is 11.6. The lowest BCUT2D eigenvalue weighted by molar-refractivity contribution is -0.121. The number of carbonyl (C=O) groups excluding carboxylic acids is 2. The molecule has 0 bridgehead atoms. The number of hydrogen-bond donors (Lipinski definition) is 0. The fourth-order valence-corrected chi connectivity index (χ4v) is 3.18. The molecule has 0 aliphatic carbocycles. The number of para-hydroxylation sites is 1. The van der Waals surface area contributed by atoms with Gasteiger partial charge in [0.15, 0.2) is 5.82 Å². The lowest BCUT2D eigenvalue weighted by Gasteiger charge is -2.19. The molecule has 3 rings (SSSR count). The van der Waals surface area contributed by atoms with Crippen molar-refractivity contribution in [2.24, 2.45) is 7.05 Å². The molecule has 6 nitrogen and oxygen atoms in total. The highest BCUT2D eigenvalue weighted by atomic mass is 16.2. The van der Waals surface area contributed by atoms with Crippen molar-refractivity contribution in [3.63, 3.8) is 0 Å². The van der Waals surface area contributed by atoms with Crippen LogP contribution in [-0.2, 0) is 16.6 Å². The van der Waals surface area contributed by atoms with E-state index in [-0.39, 0.29) is 0 Å². The summed E-state index contributed by atoms with van der Waals surface area (Å²) in [6, 6.07) is 5.85. The molecule has 1 aliphatic heterocycles. The van der Waals surface area contributed by atoms with Crippen LogP contribution in [0, 0.1) is 0 Å². The Hall–Kier alpha value is -2.89. The van der Waals surface area contributed by atoms with E-state index in [2.05, 4.69) is 23.2 Å². The normalized spacial score (nSPS) is 14.0. The molecular formula is C18H20N4O2. The number of hydrogen-bond acceptors (Lipinski definition) is 4. The maximum Gasteiger partial charge on any atom is 0.258 e. The van der Waals surface area contributed by atoms with Crippen LogP contribution in [-0.4, -0.2) is 34.7 Å². The summed E-state index contributed by atoms with van der Waals surface area (Å²) in [6.45, 7) is 8.94. The second-order valence-electron chi connectivity index (χ2n) is 5.73. The van der Waals surface area contributed by atoms with Crippen molar-refractivity contribution in [3.8, 4) is 0 Å². The van der Waals surface area contributed by atoms with Crippen LogP contribution in [0.25, 0.3) is 10.9 Å². The maximum absolute atomic E-state index is 12.2. The summed E-state index contributed by atoms with van der Waals surface area (Å²) in [5.74, 6) is -0.735. The first kappa shape index (κ1) is 16.0. The number of rotatable bonds is 4. The summed E-state index contributed by atoms with van der Waals surface area (Å²) in [4.78, 5) is 27.7. The van der Waals surface area contributed by atoms with E-state index in [9.17, 15) is 9.59 Å². The minimum absolute atomic E-state index is 0.309. The summed E-state index contributed by atoms with van der Waals surface area (Å²) >= 11 is 0. The average molecular weight is 324 g/mol. The topological polar surface area (TPSA) is 58.4 Å². The monoisotopic (exact) mass is 324 g/mol. The zero-order chi connectivity index (χ0) is 17.3. The smallest absolute Gasteiger partial charge is 0.258 e. The molecule has 1 aromatic heterocycles. The molecule has 0 radical (unpaired) electrons. The highest BCUT2D eigenvalue weighted by Crippen LogP contribution is 2.34. The lowest BCUT2D eigenvalue weighted by atomic mass is 10.2. The first-order valence-corrected chi connectivity index (χ1v) is 7.92. The highest BCUT2D eigenvalue weighted by Gasteiger charge is 2.26. The van der Waals surface area contributed by atoms with Gasteiger partial charge in [-0.1, -0.05) is 19.2 Å². The molecule has 2 heterocycles. The van der Waals surface area contributed by atoms with Crippen molar-refractivity contribution in [2.75, 3.05) is 22.9 Å². The Bertz CT molecular complexity index is 811. The van der Waals surface area contributed by atoms with Crippen molar-refractivity contribution in [3.05, 3.63) is 43.5 Å². The third kappa shape index (κ3) is 2.50. The molecular weight excluding hydrogens is 304 g/mol. The number of carbonyl (C=O) groups is 2. The molecule has 0 spiro atoms. The lowest BCUT2D eigenvalue weighted by Crippen LogP contribution is -2.34. The van der Waals surface area contributed by atoms with E-state index in [0.717, 1.165) is 59.6 Å². The van der Waals surface area contributed by atoms with Gasteiger partial charge in [0.25, 0.3) is 11.8 Å². The van der Waals surface area contributed by atoms with E-state index < -0.39 is 11.8 Å². The van der Waals surface area contributed by atoms with Crippen molar-refractivity contribution >= 4 is 34.2 Å². The minimum atomic E-state index is -0.522. The fraction of sp³-hybridized carbons (Fsp3) is 0.278. The summed E-state index contributed by atoms with van der Waals surface area (Å²) in [5.41, 5.74) is 1.98. The number of amides is 2. The molecule has 124 valence electrons. The molecule has 2 aromatic rings. The van der Waals surface area contributed by atoms with Crippen LogP contribution in [0.15, 0.2) is 43.5 Å². The van der Waals surface area contributed by atoms with E-state index in [1.54, 1.807) is 4.68 Å². The SMILES string of the molecule is C=CC(=O)N(C(=O)C=C)c1nn(C)c2c(N3CCCC3)cccc12. The van der Waals surface area contributed by atoms with Gasteiger partial charge in [-0.15, -0.1) is 0 Å². The average Bonchev–Trinajstić information content (AvgIpc) is 3.24. The Morgan fingerprint density at radius 2 is 1.79 bits per heavy atom. The van der Waals surface area contributed by atoms with Crippen molar-refractivity contribution in [2.45, 2.75) is 12.8 Å². The Morgan fingerprint density at radius 3 is 2.38 bits per heavy atom. The zero-order valence-electron chi connectivity index (χ0n) is 13.7. The molecule has 0 atom stereocenters. The number of anilines is 2. The second-order valence-corrected chi connectivity index (χ2v) is 5.73. The van der Waals surface area contributed by atoms with Crippen LogP contribution < -0.4 is 9.80 Å². The largest absolute Gasteiger partial charge is 0.370 e. The number of benzene rings is 1. The predicted molar refractivity (Wildman–Crippen MR) is 95.0 cm³/mol. The second kappa shape index (κ2) is 6.31. The van der Waals surface area contributed by atoms with Gasteiger partial charge in [0.2, 0.25) is 0 Å². The van der Waals surface area contributed by atoms with Gasteiger partial charge in [0.1, 0.15) is 0 Å². The first-order valence-electron chi connectivity index (χ1n) is 7.92. The maximum atomic E-state index is 12.2. The molecule has 24 heavy (non-hydrogen) atoms. The van der Waals surface area contributed by atoms with Gasteiger partial charge in [-0.3, -0.25) is 14.3 Å². The van der Waals surface area contributed by atoms with Crippen molar-refractivity contribution in [1.29, 1.82) is 0 Å². The molecule has 6 heteroatoms. The number of aryl methyl sites for hydroxylation is 1. The van der Waals surface area contributed by atoms with E-state index in [1.807, 2.05) is 25.2 Å². The van der Waals surface area contributed by atoms with Crippen LogP contribution in [0.5, 0.6) is 0 Å². The number of nitrogens with zero attached hydrogens (tertiary/aromatic N) is 4. The highest BCUT2D eigenvalue weighted by molar-refractivity contribution is 6.24. The molecule has 1 fully saturated rings. The molecule has 2 amide bonds. The summed E-state index contributed by atoms with van der Waals surface area (Å²) in [6.07, 6.45) is 4.53. The minimum Gasteiger partial charge on any atom is -0.370 e. The van der Waals surface area contributed by atoms with Crippen LogP contribution in [0.2, 0.25) is 0 Å². The van der Waals surface area contributed by atoms with E-state index in [4.69, 9.17) is 0 Å². The fourth-order valence-electron chi connectivity index (χ4n) is 3.18. The Balaban J connectivity index is 2.20. The van der Waals surface area contributed by atoms with Gasteiger partial charge in [-0.05, 0) is 37.1 Å². The summed E-state index contributed by atoms with van der Waals surface area (Å²) in [7, 11) is 1.82. The quantitative estimate of drug-likeness (QED) is 0.811. The van der Waals surface area contributed by atoms with Crippen molar-refractivity contribution < 1.29 is 9.59 Å². The Kier molecular flexibility index (Phi) is 4.20. The molecule has 0 unspecified atom stereocenters. The molecule has 0 saturated carbocycles. The zero-order valence-corrected chi connectivity index (χ0v) is 13.7. The third-order valence-corrected chi connectivity index (χ3v) is 4.27. The van der Waals surface area contributed by atoms with Crippen LogP contribution in [0.1, 0.15) is 12.8 Å². The van der Waals surface area contributed by atoms with Gasteiger partial charge in [-0.2, -0.15) is 5.10 Å². The third-order valence-electron chi connectivity index (χ3n) is 4.27. The van der Waals surface area contributed by atoms with Gasteiger partial charge >= 0.3 is 0 Å². The van der Waals surface area contributed by atoms with Crippen LogP contribution in [0.4, 0.5) is 11.5 Å². The predicted octanol–water partition coefficient (Wildman–Crippen LogP) is 2.41. The molecule has 1 saturated heterocycles. The summed E-state index contributed by atoms with van der Waals surface area (Å²) < 4.78 is 1.72. The molecule has 1 aliphatic rings. The number of aromatic nitrogens is 2. The van der Waals surface area contributed by atoms with Crippen LogP contribution >= 0.6 is 0 Å². The van der Waals surface area contributed by atoms with Crippen LogP contribution in [0.3, 0.4) is 0 Å². The van der Waals surface area contributed by atoms with E-state index in [1.165, 1.54) is 0 Å².